The number of aromatic nitrogens is 3. The lowest BCUT2D eigenvalue weighted by Gasteiger charge is -2.07. The molecule has 2 amide bonds. The lowest BCUT2D eigenvalue weighted by molar-refractivity contribution is 0.0844. The van der Waals surface area contributed by atoms with E-state index in [4.69, 9.17) is 11.6 Å². The molecule has 7 nitrogen and oxygen atoms in total. The van der Waals surface area contributed by atoms with Gasteiger partial charge in [-0.2, -0.15) is 5.10 Å². The number of hydrogen-bond acceptors (Lipinski definition) is 3. The number of aromatic amines is 1. The maximum absolute atomic E-state index is 13.0. The minimum absolute atomic E-state index is 0.117. The zero-order valence-electron chi connectivity index (χ0n) is 14.0. The van der Waals surface area contributed by atoms with E-state index in [1.165, 1.54) is 16.8 Å². The predicted molar refractivity (Wildman–Crippen MR) is 101 cm³/mol. The van der Waals surface area contributed by atoms with E-state index in [-0.39, 0.29) is 28.8 Å². The molecule has 0 bridgehead atoms. The summed E-state index contributed by atoms with van der Waals surface area (Å²) in [6, 6.07) is 7.46. The first kappa shape index (κ1) is 19.1. The summed E-state index contributed by atoms with van der Waals surface area (Å²) in [6.45, 7) is 1.90. The highest BCUT2D eigenvalue weighted by Gasteiger charge is 2.21. The number of carbonyl (C=O) groups excluding carboxylic acids is 2. The van der Waals surface area contributed by atoms with Gasteiger partial charge in [0, 0.05) is 10.7 Å². The highest BCUT2D eigenvalue weighted by molar-refractivity contribution is 9.10. The van der Waals surface area contributed by atoms with Crippen molar-refractivity contribution in [1.82, 2.24) is 25.6 Å². The number of hydrogen-bond donors (Lipinski definition) is 3. The van der Waals surface area contributed by atoms with Crippen LogP contribution >= 0.6 is 27.5 Å². The second-order valence-electron chi connectivity index (χ2n) is 5.68. The molecule has 0 fully saturated rings. The Labute approximate surface area is 167 Å². The number of aryl methyl sites for hydroxylation is 1. The van der Waals surface area contributed by atoms with Crippen LogP contribution in [-0.4, -0.2) is 26.6 Å². The monoisotopic (exact) mass is 453 g/mol. The van der Waals surface area contributed by atoms with Crippen molar-refractivity contribution in [2.24, 2.45) is 0 Å². The quantitative estimate of drug-likeness (QED) is 0.529. The number of benzene rings is 1. The zero-order chi connectivity index (χ0) is 19.6. The second kappa shape index (κ2) is 7.93. The number of H-pyrrole nitrogens is 1. The van der Waals surface area contributed by atoms with Crippen molar-refractivity contribution in [3.63, 3.8) is 0 Å². The highest BCUT2D eigenvalue weighted by Crippen LogP contribution is 2.21. The maximum Gasteiger partial charge on any atom is 0.286 e. The Bertz CT molecular complexity index is 999. The molecule has 27 heavy (non-hydrogen) atoms. The fourth-order valence-electron chi connectivity index (χ4n) is 2.42. The minimum Gasteiger partial charge on any atom is -0.356 e. The Kier molecular flexibility index (Phi) is 5.62. The zero-order valence-corrected chi connectivity index (χ0v) is 16.4. The number of nitrogens with zero attached hydrogens (tertiary/aromatic N) is 2. The van der Waals surface area contributed by atoms with Gasteiger partial charge in [-0.25, -0.2) is 9.07 Å². The smallest absolute Gasteiger partial charge is 0.286 e. The number of carbonyl (C=O) groups is 2. The van der Waals surface area contributed by atoms with E-state index < -0.39 is 11.8 Å². The topological polar surface area (TPSA) is 91.8 Å². The number of hydrazine groups is 1. The normalized spacial score (nSPS) is 10.7. The van der Waals surface area contributed by atoms with Gasteiger partial charge in [-0.3, -0.25) is 20.4 Å². The summed E-state index contributed by atoms with van der Waals surface area (Å²) in [5.74, 6) is -1.45. The third kappa shape index (κ3) is 4.37. The van der Waals surface area contributed by atoms with Gasteiger partial charge in [-0.15, -0.1) is 0 Å². The average molecular weight is 455 g/mol. The van der Waals surface area contributed by atoms with Gasteiger partial charge in [0.15, 0.2) is 0 Å². The molecule has 140 valence electrons. The molecule has 0 atom stereocenters. The van der Waals surface area contributed by atoms with Crippen molar-refractivity contribution in [3.8, 4) is 0 Å². The fourth-order valence-corrected chi connectivity index (χ4v) is 3.08. The van der Waals surface area contributed by atoms with Crippen LogP contribution in [0.15, 0.2) is 41.0 Å². The van der Waals surface area contributed by atoms with E-state index in [0.717, 1.165) is 5.56 Å². The Morgan fingerprint density at radius 1 is 1.26 bits per heavy atom. The van der Waals surface area contributed by atoms with Crippen LogP contribution in [0, 0.1) is 12.7 Å². The van der Waals surface area contributed by atoms with Crippen LogP contribution in [0.5, 0.6) is 0 Å². The van der Waals surface area contributed by atoms with Crippen molar-refractivity contribution in [1.29, 1.82) is 0 Å². The summed E-state index contributed by atoms with van der Waals surface area (Å²) in [5.41, 5.74) is 6.21. The molecule has 1 aromatic carbocycles. The van der Waals surface area contributed by atoms with Gasteiger partial charge < -0.3 is 4.98 Å². The van der Waals surface area contributed by atoms with Gasteiger partial charge in [0.1, 0.15) is 22.2 Å². The van der Waals surface area contributed by atoms with Gasteiger partial charge in [0.2, 0.25) is 0 Å². The lowest BCUT2D eigenvalue weighted by atomic mass is 10.2. The molecule has 0 spiro atoms. The van der Waals surface area contributed by atoms with Crippen LogP contribution in [0.3, 0.4) is 0 Å². The predicted octanol–water partition coefficient (Wildman–Crippen LogP) is 3.20. The highest BCUT2D eigenvalue weighted by atomic mass is 79.9. The molecule has 0 aliphatic heterocycles. The molecule has 10 heteroatoms. The first-order valence-corrected chi connectivity index (χ1v) is 8.94. The van der Waals surface area contributed by atoms with Gasteiger partial charge in [-0.1, -0.05) is 23.7 Å². The van der Waals surface area contributed by atoms with E-state index in [2.05, 4.69) is 36.9 Å². The molecule has 0 aliphatic rings. The molecule has 0 radical (unpaired) electrons. The van der Waals surface area contributed by atoms with Gasteiger partial charge in [0.25, 0.3) is 11.8 Å². The number of halogens is 3. The van der Waals surface area contributed by atoms with Crippen molar-refractivity contribution in [2.75, 3.05) is 0 Å². The van der Waals surface area contributed by atoms with E-state index in [1.54, 1.807) is 31.3 Å². The second-order valence-corrected chi connectivity index (χ2v) is 6.95. The van der Waals surface area contributed by atoms with Crippen molar-refractivity contribution >= 4 is 39.3 Å². The van der Waals surface area contributed by atoms with Crippen LogP contribution in [0.2, 0.25) is 5.15 Å². The van der Waals surface area contributed by atoms with Crippen molar-refractivity contribution in [3.05, 3.63) is 74.5 Å². The summed E-state index contributed by atoms with van der Waals surface area (Å²) in [6.07, 6.45) is 1.59. The fraction of sp³-hybridized carbons (Fsp3) is 0.118. The van der Waals surface area contributed by atoms with Gasteiger partial charge in [-0.05, 0) is 46.6 Å². The molecular weight excluding hydrogens is 441 g/mol. The van der Waals surface area contributed by atoms with Gasteiger partial charge in [0.05, 0.1) is 12.2 Å². The molecule has 0 saturated heterocycles. The number of rotatable bonds is 4. The summed E-state index contributed by atoms with van der Waals surface area (Å²) in [5, 5.41) is 4.36. The molecule has 0 unspecified atom stereocenters. The summed E-state index contributed by atoms with van der Waals surface area (Å²) < 4.78 is 15.2. The summed E-state index contributed by atoms with van der Waals surface area (Å²) in [7, 11) is 0. The lowest BCUT2D eigenvalue weighted by Crippen LogP contribution is -2.42. The first-order chi connectivity index (χ1) is 12.8. The standard InChI is InChI=1S/C17H14BrClFN5O2/c1-9-14(17(27)23-22-16(26)13-6-11(18)7-21-13)15(19)25(24-9)8-10-2-4-12(20)5-3-10/h2-7,21H,8H2,1H3,(H,22,26)(H,23,27). The van der Waals surface area contributed by atoms with E-state index in [9.17, 15) is 14.0 Å². The summed E-state index contributed by atoms with van der Waals surface area (Å²) in [4.78, 5) is 27.1. The van der Waals surface area contributed by atoms with Crippen LogP contribution in [-0.2, 0) is 6.54 Å². The van der Waals surface area contributed by atoms with E-state index in [1.807, 2.05) is 0 Å². The van der Waals surface area contributed by atoms with Crippen molar-refractivity contribution < 1.29 is 14.0 Å². The van der Waals surface area contributed by atoms with Crippen molar-refractivity contribution in [2.45, 2.75) is 13.5 Å². The third-order valence-electron chi connectivity index (χ3n) is 3.72. The minimum atomic E-state index is -0.596. The Hall–Kier alpha value is -2.65. The van der Waals surface area contributed by atoms with Crippen LogP contribution in [0.25, 0.3) is 0 Å². The van der Waals surface area contributed by atoms with Crippen LogP contribution < -0.4 is 10.9 Å². The summed E-state index contributed by atoms with van der Waals surface area (Å²) >= 11 is 9.50. The first-order valence-electron chi connectivity index (χ1n) is 7.77. The molecule has 0 aliphatic carbocycles. The third-order valence-corrected chi connectivity index (χ3v) is 4.56. The van der Waals surface area contributed by atoms with Gasteiger partial charge >= 0.3 is 0 Å². The Morgan fingerprint density at radius 3 is 2.56 bits per heavy atom. The largest absolute Gasteiger partial charge is 0.356 e. The Balaban J connectivity index is 1.70. The molecule has 3 rings (SSSR count). The van der Waals surface area contributed by atoms with E-state index in [0.29, 0.717) is 10.2 Å². The molecule has 2 aromatic heterocycles. The molecule has 2 heterocycles. The SMILES string of the molecule is Cc1nn(Cc2ccc(F)cc2)c(Cl)c1C(=O)NNC(=O)c1cc(Br)c[nH]1. The van der Waals surface area contributed by atoms with Crippen LogP contribution in [0.1, 0.15) is 32.1 Å². The maximum atomic E-state index is 13.0. The molecule has 3 N–H and O–H groups in total. The Morgan fingerprint density at radius 2 is 1.93 bits per heavy atom. The van der Waals surface area contributed by atoms with Crippen LogP contribution in [0.4, 0.5) is 4.39 Å². The molecule has 3 aromatic rings. The number of amides is 2. The number of nitrogens with one attached hydrogen (secondary N) is 3. The molecule has 0 saturated carbocycles. The molecular formula is C17H14BrClFN5O2. The van der Waals surface area contributed by atoms with E-state index >= 15 is 0 Å². The average Bonchev–Trinajstić information content (AvgIpc) is 3.18.